The van der Waals surface area contributed by atoms with E-state index in [9.17, 15) is 4.79 Å². The van der Waals surface area contributed by atoms with Gasteiger partial charge in [0.2, 0.25) is 0 Å². The summed E-state index contributed by atoms with van der Waals surface area (Å²) in [6.07, 6.45) is 0.876. The number of benzene rings is 1. The smallest absolute Gasteiger partial charge is 0.407 e. The lowest BCUT2D eigenvalue weighted by Gasteiger charge is -2.34. The van der Waals surface area contributed by atoms with Gasteiger partial charge in [-0.25, -0.2) is 4.79 Å². The quantitative estimate of drug-likeness (QED) is 0.825. The standard InChI is InChI=1S/C13H16N2O2/c16-13(15-12-10-6-11(12)14-7-10)17-8-9-4-2-1-3-5-9/h1-5,10-12,14H,6-8H2,(H,15,16)/t10-,11-,12+/m1/s1. The molecule has 4 nitrogen and oxygen atoms in total. The normalized spacial score (nSPS) is 29.5. The van der Waals surface area contributed by atoms with Crippen LogP contribution < -0.4 is 10.6 Å². The molecule has 0 unspecified atom stereocenters. The highest BCUT2D eigenvalue weighted by atomic mass is 16.5. The van der Waals surface area contributed by atoms with Gasteiger partial charge in [-0.05, 0) is 17.9 Å². The average molecular weight is 232 g/mol. The van der Waals surface area contributed by atoms with E-state index in [1.807, 2.05) is 30.3 Å². The molecule has 1 amide bonds. The Kier molecular flexibility index (Phi) is 2.73. The number of carbonyl (C=O) groups is 1. The van der Waals surface area contributed by atoms with Gasteiger partial charge in [0.15, 0.2) is 0 Å². The van der Waals surface area contributed by atoms with Gasteiger partial charge in [-0.1, -0.05) is 30.3 Å². The molecule has 4 heteroatoms. The summed E-state index contributed by atoms with van der Waals surface area (Å²) in [6, 6.07) is 10.5. The fourth-order valence-corrected chi connectivity index (χ4v) is 2.59. The van der Waals surface area contributed by atoms with Gasteiger partial charge in [0.05, 0.1) is 6.04 Å². The molecule has 0 aromatic heterocycles. The first-order valence-electron chi connectivity index (χ1n) is 6.03. The number of nitrogens with one attached hydrogen (secondary N) is 2. The number of ether oxygens (including phenoxy) is 1. The molecule has 17 heavy (non-hydrogen) atoms. The SMILES string of the molecule is O=C(N[C@H]1[C@H]2CN[C@@H]1C2)OCc1ccccc1. The van der Waals surface area contributed by atoms with Crippen molar-refractivity contribution in [2.24, 2.45) is 5.92 Å². The number of carbonyl (C=O) groups excluding carboxylic acids is 1. The van der Waals surface area contributed by atoms with Crippen molar-refractivity contribution in [3.63, 3.8) is 0 Å². The molecule has 2 heterocycles. The van der Waals surface area contributed by atoms with Gasteiger partial charge < -0.3 is 15.4 Å². The van der Waals surface area contributed by atoms with Gasteiger partial charge in [-0.2, -0.15) is 0 Å². The van der Waals surface area contributed by atoms with Crippen LogP contribution >= 0.6 is 0 Å². The van der Waals surface area contributed by atoms with Crippen LogP contribution in [0.15, 0.2) is 30.3 Å². The molecule has 2 aliphatic heterocycles. The van der Waals surface area contributed by atoms with Crippen molar-refractivity contribution in [2.45, 2.75) is 25.1 Å². The second kappa shape index (κ2) is 4.37. The molecule has 0 radical (unpaired) electrons. The lowest BCUT2D eigenvalue weighted by molar-refractivity contribution is 0.123. The summed E-state index contributed by atoms with van der Waals surface area (Å²) < 4.78 is 5.18. The fourth-order valence-electron chi connectivity index (χ4n) is 2.59. The van der Waals surface area contributed by atoms with Crippen LogP contribution in [0.1, 0.15) is 12.0 Å². The molecule has 1 aromatic rings. The Hall–Kier alpha value is -1.55. The van der Waals surface area contributed by atoms with Crippen molar-refractivity contribution in [1.82, 2.24) is 10.6 Å². The summed E-state index contributed by atoms with van der Waals surface area (Å²) in [4.78, 5) is 11.6. The molecule has 90 valence electrons. The van der Waals surface area contributed by atoms with E-state index in [2.05, 4.69) is 10.6 Å². The van der Waals surface area contributed by atoms with Gasteiger partial charge in [0, 0.05) is 12.6 Å². The first-order valence-corrected chi connectivity index (χ1v) is 6.03. The second-order valence-corrected chi connectivity index (χ2v) is 4.74. The number of hydrogen-bond acceptors (Lipinski definition) is 3. The molecule has 0 spiro atoms. The molecule has 3 fully saturated rings. The molecule has 2 N–H and O–H groups in total. The predicted octanol–water partition coefficient (Wildman–Crippen LogP) is 1.27. The minimum absolute atomic E-state index is 0.276. The minimum Gasteiger partial charge on any atom is -0.445 e. The van der Waals surface area contributed by atoms with E-state index in [0.29, 0.717) is 18.6 Å². The second-order valence-electron chi connectivity index (χ2n) is 4.74. The van der Waals surface area contributed by atoms with Crippen LogP contribution in [-0.4, -0.2) is 24.7 Å². The maximum atomic E-state index is 11.6. The monoisotopic (exact) mass is 232 g/mol. The zero-order valence-electron chi connectivity index (χ0n) is 9.56. The summed E-state index contributed by atoms with van der Waals surface area (Å²) in [6.45, 7) is 1.36. The highest BCUT2D eigenvalue weighted by Crippen LogP contribution is 2.33. The summed E-state index contributed by atoms with van der Waals surface area (Å²) in [5.41, 5.74) is 1.01. The lowest BCUT2D eigenvalue weighted by atomic mass is 9.80. The Morgan fingerprint density at radius 3 is 2.88 bits per heavy atom. The van der Waals surface area contributed by atoms with Gasteiger partial charge in [0.25, 0.3) is 0 Å². The Morgan fingerprint density at radius 2 is 2.24 bits per heavy atom. The first-order chi connectivity index (χ1) is 8.33. The first kappa shape index (κ1) is 10.6. The maximum Gasteiger partial charge on any atom is 0.407 e. The van der Waals surface area contributed by atoms with E-state index in [-0.39, 0.29) is 12.1 Å². The van der Waals surface area contributed by atoms with Crippen molar-refractivity contribution in [1.29, 1.82) is 0 Å². The van der Waals surface area contributed by atoms with Crippen molar-refractivity contribution in [3.8, 4) is 0 Å². The van der Waals surface area contributed by atoms with E-state index in [0.717, 1.165) is 12.1 Å². The van der Waals surface area contributed by atoms with E-state index in [1.54, 1.807) is 0 Å². The van der Waals surface area contributed by atoms with E-state index in [4.69, 9.17) is 4.74 Å². The number of rotatable bonds is 3. The molecule has 1 saturated carbocycles. The van der Waals surface area contributed by atoms with Crippen molar-refractivity contribution in [2.75, 3.05) is 6.54 Å². The van der Waals surface area contributed by atoms with Crippen LogP contribution in [0.2, 0.25) is 0 Å². The molecule has 1 aromatic carbocycles. The third kappa shape index (κ3) is 2.13. The number of fused-ring (bicyclic) bond motifs is 1. The Balaban J connectivity index is 1.45. The van der Waals surface area contributed by atoms with E-state index < -0.39 is 0 Å². The zero-order valence-corrected chi connectivity index (χ0v) is 9.56. The molecule has 3 atom stereocenters. The van der Waals surface area contributed by atoms with Crippen LogP contribution in [0.3, 0.4) is 0 Å². The van der Waals surface area contributed by atoms with Crippen LogP contribution in [0.4, 0.5) is 4.79 Å². The van der Waals surface area contributed by atoms with Crippen molar-refractivity contribution >= 4 is 6.09 Å². The van der Waals surface area contributed by atoms with Gasteiger partial charge in [-0.15, -0.1) is 0 Å². The van der Waals surface area contributed by atoms with Crippen LogP contribution in [-0.2, 0) is 11.3 Å². The molecule has 2 saturated heterocycles. The number of alkyl carbamates (subject to hydrolysis) is 1. The molecule has 4 rings (SSSR count). The van der Waals surface area contributed by atoms with E-state index >= 15 is 0 Å². The average Bonchev–Trinajstić information content (AvgIpc) is 2.98. The minimum atomic E-state index is -0.308. The Bertz CT molecular complexity index is 393. The van der Waals surface area contributed by atoms with Crippen molar-refractivity contribution < 1.29 is 9.53 Å². The summed E-state index contributed by atoms with van der Waals surface area (Å²) >= 11 is 0. The van der Waals surface area contributed by atoms with Gasteiger partial charge in [-0.3, -0.25) is 0 Å². The Morgan fingerprint density at radius 1 is 1.41 bits per heavy atom. The zero-order chi connectivity index (χ0) is 11.7. The summed E-state index contributed by atoms with van der Waals surface area (Å²) in [5, 5.41) is 6.28. The van der Waals surface area contributed by atoms with Gasteiger partial charge in [0.1, 0.15) is 6.61 Å². The van der Waals surface area contributed by atoms with Crippen LogP contribution in [0.25, 0.3) is 0 Å². The van der Waals surface area contributed by atoms with Crippen LogP contribution in [0.5, 0.6) is 0 Å². The topological polar surface area (TPSA) is 50.4 Å². The summed E-state index contributed by atoms with van der Waals surface area (Å²) in [7, 11) is 0. The summed E-state index contributed by atoms with van der Waals surface area (Å²) in [5.74, 6) is 0.601. The van der Waals surface area contributed by atoms with Gasteiger partial charge >= 0.3 is 6.09 Å². The Labute approximate surface area is 100 Å². The van der Waals surface area contributed by atoms with Crippen LogP contribution in [0, 0.1) is 5.92 Å². The number of amides is 1. The lowest BCUT2D eigenvalue weighted by Crippen LogP contribution is -2.54. The highest BCUT2D eigenvalue weighted by Gasteiger charge is 2.47. The molecular weight excluding hydrogens is 216 g/mol. The third-order valence-electron chi connectivity index (χ3n) is 3.64. The third-order valence-corrected chi connectivity index (χ3v) is 3.64. The maximum absolute atomic E-state index is 11.6. The predicted molar refractivity (Wildman–Crippen MR) is 63.4 cm³/mol. The van der Waals surface area contributed by atoms with E-state index in [1.165, 1.54) is 6.42 Å². The largest absolute Gasteiger partial charge is 0.445 e. The number of hydrogen-bond donors (Lipinski definition) is 2. The molecule has 2 bridgehead atoms. The van der Waals surface area contributed by atoms with Crippen molar-refractivity contribution in [3.05, 3.63) is 35.9 Å². The highest BCUT2D eigenvalue weighted by molar-refractivity contribution is 5.68. The fraction of sp³-hybridized carbons (Fsp3) is 0.462. The molecule has 1 aliphatic carbocycles. The molecular formula is C13H16N2O2. The molecule has 3 aliphatic rings.